The van der Waals surface area contributed by atoms with E-state index < -0.39 is 0 Å². The largest absolute Gasteiger partial charge is 0.324 e. The summed E-state index contributed by atoms with van der Waals surface area (Å²) in [5.41, 5.74) is 0.545. The Balaban J connectivity index is 1.89. The van der Waals surface area contributed by atoms with Crippen LogP contribution in [0.3, 0.4) is 0 Å². The number of nitrogens with zero attached hydrogens (tertiary/aromatic N) is 2. The van der Waals surface area contributed by atoms with Crippen molar-refractivity contribution in [1.82, 2.24) is 9.36 Å². The second-order valence-electron chi connectivity index (χ2n) is 3.51. The topological polar surface area (TPSA) is 54.9 Å². The zero-order valence-corrected chi connectivity index (χ0v) is 14.2. The first-order chi connectivity index (χ1) is 9.58. The second kappa shape index (κ2) is 7.51. The maximum atomic E-state index is 11.8. The van der Waals surface area contributed by atoms with Crippen LogP contribution in [0.5, 0.6) is 0 Å². The van der Waals surface area contributed by atoms with Gasteiger partial charge in [-0.3, -0.25) is 4.79 Å². The normalized spacial score (nSPS) is 10.6. The Morgan fingerprint density at radius 1 is 1.45 bits per heavy atom. The van der Waals surface area contributed by atoms with Crippen molar-refractivity contribution in [3.63, 3.8) is 0 Å². The van der Waals surface area contributed by atoms with E-state index in [0.29, 0.717) is 15.7 Å². The van der Waals surface area contributed by atoms with E-state index in [1.165, 1.54) is 35.1 Å². The average Bonchev–Trinajstić information content (AvgIpc) is 2.88. The molecule has 0 unspecified atom stereocenters. The quantitative estimate of drug-likeness (QED) is 0.800. The van der Waals surface area contributed by atoms with E-state index in [0.717, 1.165) is 9.50 Å². The molecule has 0 spiro atoms. The maximum Gasteiger partial charge on any atom is 0.234 e. The minimum Gasteiger partial charge on any atom is -0.324 e. The standard InChI is InChI=1S/C11H9Cl2N3OS3/c1-18-10-15-11(20-16-10)19-5-9(17)14-8-3-2-6(12)4-7(8)13/h2-4H,5H2,1H3,(H,14,17). The van der Waals surface area contributed by atoms with Gasteiger partial charge in [0, 0.05) is 5.02 Å². The number of benzene rings is 1. The van der Waals surface area contributed by atoms with Gasteiger partial charge < -0.3 is 5.32 Å². The van der Waals surface area contributed by atoms with Gasteiger partial charge in [-0.15, -0.1) is 0 Å². The van der Waals surface area contributed by atoms with Crippen LogP contribution in [0.4, 0.5) is 5.69 Å². The molecule has 1 aromatic carbocycles. The fourth-order valence-corrected chi connectivity index (χ4v) is 3.71. The summed E-state index contributed by atoms with van der Waals surface area (Å²) in [6.07, 6.45) is 1.91. The maximum absolute atomic E-state index is 11.8. The highest BCUT2D eigenvalue weighted by atomic mass is 35.5. The van der Waals surface area contributed by atoms with Crippen molar-refractivity contribution >= 4 is 69.9 Å². The lowest BCUT2D eigenvalue weighted by molar-refractivity contribution is -0.113. The van der Waals surface area contributed by atoms with E-state index in [4.69, 9.17) is 23.2 Å². The van der Waals surface area contributed by atoms with Crippen LogP contribution in [0.1, 0.15) is 0 Å². The smallest absolute Gasteiger partial charge is 0.234 e. The zero-order valence-electron chi connectivity index (χ0n) is 10.2. The summed E-state index contributed by atoms with van der Waals surface area (Å²) in [5.74, 6) is 0.0993. The molecule has 20 heavy (non-hydrogen) atoms. The summed E-state index contributed by atoms with van der Waals surface area (Å²) < 4.78 is 4.90. The fourth-order valence-electron chi connectivity index (χ4n) is 1.24. The number of nitrogens with one attached hydrogen (secondary N) is 1. The van der Waals surface area contributed by atoms with Crippen LogP contribution in [-0.2, 0) is 4.79 Å². The third-order valence-electron chi connectivity index (χ3n) is 2.10. The summed E-state index contributed by atoms with van der Waals surface area (Å²) in [4.78, 5) is 16.1. The highest BCUT2D eigenvalue weighted by molar-refractivity contribution is 8.01. The number of carbonyl (C=O) groups excluding carboxylic acids is 1. The molecule has 4 nitrogen and oxygen atoms in total. The van der Waals surface area contributed by atoms with Gasteiger partial charge in [-0.25, -0.2) is 4.98 Å². The first-order valence-corrected chi connectivity index (χ1v) is 9.08. The molecule has 1 aromatic heterocycles. The molecule has 2 rings (SSSR count). The molecule has 9 heteroatoms. The van der Waals surface area contributed by atoms with Crippen LogP contribution in [0, 0.1) is 0 Å². The third-order valence-corrected chi connectivity index (χ3v) is 5.15. The van der Waals surface area contributed by atoms with Gasteiger partial charge in [0.2, 0.25) is 11.1 Å². The van der Waals surface area contributed by atoms with Crippen LogP contribution >= 0.6 is 58.3 Å². The van der Waals surface area contributed by atoms with Crippen molar-refractivity contribution in [1.29, 1.82) is 0 Å². The first kappa shape index (κ1) is 15.9. The predicted octanol–water partition coefficient (Wildman–Crippen LogP) is 4.30. The van der Waals surface area contributed by atoms with Crippen LogP contribution in [0.2, 0.25) is 10.0 Å². The summed E-state index contributed by atoms with van der Waals surface area (Å²) >= 11 is 15.9. The molecule has 0 bridgehead atoms. The van der Waals surface area contributed by atoms with Gasteiger partial charge in [-0.05, 0) is 36.0 Å². The monoisotopic (exact) mass is 365 g/mol. The number of halogens is 2. The van der Waals surface area contributed by atoms with E-state index in [1.807, 2.05) is 6.26 Å². The summed E-state index contributed by atoms with van der Waals surface area (Å²) in [6, 6.07) is 4.93. The molecule has 2 aromatic rings. The fraction of sp³-hybridized carbons (Fsp3) is 0.182. The van der Waals surface area contributed by atoms with Crippen molar-refractivity contribution in [3.8, 4) is 0 Å². The number of hydrogen-bond donors (Lipinski definition) is 1. The molecule has 0 aliphatic carbocycles. The van der Waals surface area contributed by atoms with E-state index in [1.54, 1.807) is 18.2 Å². The lowest BCUT2D eigenvalue weighted by Crippen LogP contribution is -2.14. The van der Waals surface area contributed by atoms with Crippen molar-refractivity contribution < 1.29 is 4.79 Å². The van der Waals surface area contributed by atoms with Gasteiger partial charge in [-0.1, -0.05) is 46.7 Å². The Hall–Kier alpha value is -0.470. The summed E-state index contributed by atoms with van der Waals surface area (Å²) in [6.45, 7) is 0. The number of amides is 1. The Morgan fingerprint density at radius 2 is 2.25 bits per heavy atom. The molecule has 1 heterocycles. The molecule has 1 N–H and O–H groups in total. The number of carbonyl (C=O) groups is 1. The lowest BCUT2D eigenvalue weighted by atomic mass is 10.3. The van der Waals surface area contributed by atoms with Crippen LogP contribution in [0.15, 0.2) is 27.7 Å². The van der Waals surface area contributed by atoms with E-state index in [9.17, 15) is 4.79 Å². The highest BCUT2D eigenvalue weighted by Crippen LogP contribution is 2.27. The van der Waals surface area contributed by atoms with Crippen LogP contribution in [0.25, 0.3) is 0 Å². The number of thioether (sulfide) groups is 2. The minimum atomic E-state index is -0.153. The molecular formula is C11H9Cl2N3OS3. The molecule has 0 fully saturated rings. The van der Waals surface area contributed by atoms with Gasteiger partial charge in [0.15, 0.2) is 4.34 Å². The van der Waals surface area contributed by atoms with Crippen molar-refractivity contribution in [3.05, 3.63) is 28.2 Å². The predicted molar refractivity (Wildman–Crippen MR) is 87.5 cm³/mol. The minimum absolute atomic E-state index is 0.153. The molecule has 106 valence electrons. The number of rotatable bonds is 5. The molecular weight excluding hydrogens is 357 g/mol. The molecule has 0 saturated heterocycles. The molecule has 0 radical (unpaired) electrons. The second-order valence-corrected chi connectivity index (χ2v) is 7.10. The third kappa shape index (κ3) is 4.53. The number of anilines is 1. The molecule has 0 saturated carbocycles. The lowest BCUT2D eigenvalue weighted by Gasteiger charge is -2.06. The van der Waals surface area contributed by atoms with Gasteiger partial charge in [-0.2, -0.15) is 4.37 Å². The Labute approximate surface area is 138 Å². The highest BCUT2D eigenvalue weighted by Gasteiger charge is 2.09. The average molecular weight is 366 g/mol. The van der Waals surface area contributed by atoms with Crippen molar-refractivity contribution in [2.75, 3.05) is 17.3 Å². The first-order valence-electron chi connectivity index (χ1n) is 5.34. The van der Waals surface area contributed by atoms with Gasteiger partial charge >= 0.3 is 0 Å². The Morgan fingerprint density at radius 3 is 2.90 bits per heavy atom. The van der Waals surface area contributed by atoms with E-state index in [-0.39, 0.29) is 11.7 Å². The number of hydrogen-bond acceptors (Lipinski definition) is 6. The summed E-state index contributed by atoms with van der Waals surface area (Å²) in [7, 11) is 0. The SMILES string of the molecule is CSc1nsc(SCC(=O)Nc2ccc(Cl)cc2Cl)n1. The van der Waals surface area contributed by atoms with E-state index >= 15 is 0 Å². The molecule has 0 aliphatic rings. The van der Waals surface area contributed by atoms with E-state index in [2.05, 4.69) is 14.7 Å². The van der Waals surface area contributed by atoms with Gasteiger partial charge in [0.25, 0.3) is 0 Å². The van der Waals surface area contributed by atoms with Crippen molar-refractivity contribution in [2.24, 2.45) is 0 Å². The van der Waals surface area contributed by atoms with Crippen molar-refractivity contribution in [2.45, 2.75) is 9.50 Å². The number of aromatic nitrogens is 2. The molecule has 0 atom stereocenters. The van der Waals surface area contributed by atoms with Gasteiger partial charge in [0.1, 0.15) is 0 Å². The van der Waals surface area contributed by atoms with Gasteiger partial charge in [0.05, 0.1) is 16.5 Å². The van der Waals surface area contributed by atoms with Crippen LogP contribution in [-0.4, -0.2) is 27.3 Å². The molecule has 1 amide bonds. The Bertz CT molecular complexity index is 621. The molecule has 0 aliphatic heterocycles. The zero-order chi connectivity index (χ0) is 14.5. The van der Waals surface area contributed by atoms with Crippen LogP contribution < -0.4 is 5.32 Å². The Kier molecular flexibility index (Phi) is 5.98. The summed E-state index contributed by atoms with van der Waals surface area (Å²) in [5, 5.41) is 4.39.